The van der Waals surface area contributed by atoms with Crippen molar-refractivity contribution in [1.82, 2.24) is 15.5 Å². The van der Waals surface area contributed by atoms with Crippen LogP contribution < -0.4 is 10.1 Å². The second-order valence-corrected chi connectivity index (χ2v) is 7.49. The fraction of sp³-hybridized carbons (Fsp3) is 0.381. The molecule has 1 aliphatic carbocycles. The van der Waals surface area contributed by atoms with E-state index in [-0.39, 0.29) is 6.10 Å². The van der Waals surface area contributed by atoms with Crippen molar-refractivity contribution in [2.24, 2.45) is 0 Å². The van der Waals surface area contributed by atoms with Gasteiger partial charge in [0, 0.05) is 28.6 Å². The highest BCUT2D eigenvalue weighted by atomic mass is 35.5. The summed E-state index contributed by atoms with van der Waals surface area (Å²) in [5.41, 5.74) is 3.38. The molecule has 1 fully saturated rings. The number of halogens is 1. The normalized spacial score (nSPS) is 20.4. The van der Waals surface area contributed by atoms with Crippen LogP contribution in [0.5, 0.6) is 5.75 Å². The van der Waals surface area contributed by atoms with Crippen molar-refractivity contribution < 1.29 is 4.74 Å². The number of hydrogen-bond acceptors (Lipinski definition) is 3. The summed E-state index contributed by atoms with van der Waals surface area (Å²) in [6, 6.07) is 12.7. The second-order valence-electron chi connectivity index (χ2n) is 7.08. The zero-order valence-corrected chi connectivity index (χ0v) is 15.7. The van der Waals surface area contributed by atoms with E-state index in [1.165, 1.54) is 0 Å². The number of nitrogens with one attached hydrogen (secondary N) is 2. The number of aromatic amines is 1. The van der Waals surface area contributed by atoms with Crippen molar-refractivity contribution in [2.75, 3.05) is 0 Å². The van der Waals surface area contributed by atoms with E-state index in [4.69, 9.17) is 16.3 Å². The Hall–Kier alpha value is -2.04. The molecule has 4 rings (SSSR count). The van der Waals surface area contributed by atoms with Gasteiger partial charge in [0.25, 0.3) is 0 Å². The minimum atomic E-state index is 0.288. The molecule has 0 aliphatic heterocycles. The van der Waals surface area contributed by atoms with E-state index < -0.39 is 0 Å². The number of nitrogens with zero attached hydrogens (tertiary/aromatic N) is 1. The first-order valence-corrected chi connectivity index (χ1v) is 9.64. The van der Waals surface area contributed by atoms with E-state index in [2.05, 4.69) is 34.6 Å². The molecule has 0 unspecified atom stereocenters. The monoisotopic (exact) mass is 369 g/mol. The summed E-state index contributed by atoms with van der Waals surface area (Å²) in [5, 5.41) is 12.7. The Labute approximate surface area is 158 Å². The highest BCUT2D eigenvalue weighted by molar-refractivity contribution is 6.31. The lowest BCUT2D eigenvalue weighted by Crippen LogP contribution is -2.36. The minimum Gasteiger partial charge on any atom is -0.490 e. The molecule has 0 bridgehead atoms. The number of aryl methyl sites for hydroxylation is 1. The van der Waals surface area contributed by atoms with E-state index in [1.54, 1.807) is 0 Å². The molecule has 0 atom stereocenters. The number of H-pyrrole nitrogens is 1. The van der Waals surface area contributed by atoms with Crippen molar-refractivity contribution in [2.45, 2.75) is 51.3 Å². The van der Waals surface area contributed by atoms with Gasteiger partial charge in [-0.3, -0.25) is 5.10 Å². The van der Waals surface area contributed by atoms with Crippen molar-refractivity contribution in [1.29, 1.82) is 0 Å². The van der Waals surface area contributed by atoms with E-state index in [1.807, 2.05) is 30.5 Å². The van der Waals surface area contributed by atoms with Gasteiger partial charge in [-0.2, -0.15) is 5.10 Å². The van der Waals surface area contributed by atoms with Crippen LogP contribution in [-0.2, 0) is 6.54 Å². The zero-order valence-electron chi connectivity index (χ0n) is 15.0. The maximum absolute atomic E-state index is 6.30. The number of rotatable bonds is 5. The van der Waals surface area contributed by atoms with Crippen LogP contribution in [0.1, 0.15) is 36.8 Å². The number of benzene rings is 2. The van der Waals surface area contributed by atoms with Crippen molar-refractivity contribution >= 4 is 22.5 Å². The van der Waals surface area contributed by atoms with Gasteiger partial charge in [-0.05, 0) is 56.4 Å². The van der Waals surface area contributed by atoms with Crippen molar-refractivity contribution in [3.8, 4) is 5.75 Å². The maximum atomic E-state index is 6.30. The molecule has 1 saturated carbocycles. The van der Waals surface area contributed by atoms with Gasteiger partial charge in [0.2, 0.25) is 0 Å². The Morgan fingerprint density at radius 2 is 1.96 bits per heavy atom. The molecule has 2 N–H and O–H groups in total. The summed E-state index contributed by atoms with van der Waals surface area (Å²) in [5.74, 6) is 0.978. The highest BCUT2D eigenvalue weighted by Gasteiger charge is 2.23. The van der Waals surface area contributed by atoms with E-state index in [0.717, 1.165) is 65.0 Å². The van der Waals surface area contributed by atoms with E-state index in [9.17, 15) is 0 Å². The van der Waals surface area contributed by atoms with Crippen LogP contribution in [0.25, 0.3) is 10.9 Å². The molecule has 0 spiro atoms. The van der Waals surface area contributed by atoms with Gasteiger partial charge in [0.1, 0.15) is 5.75 Å². The first kappa shape index (κ1) is 17.4. The fourth-order valence-electron chi connectivity index (χ4n) is 3.73. The quantitative estimate of drug-likeness (QED) is 0.665. The maximum Gasteiger partial charge on any atom is 0.123 e. The average molecular weight is 370 g/mol. The number of fused-ring (bicyclic) bond motifs is 1. The van der Waals surface area contributed by atoms with Crippen LogP contribution in [-0.4, -0.2) is 22.3 Å². The highest BCUT2D eigenvalue weighted by Crippen LogP contribution is 2.30. The SMILES string of the molecule is Cc1c(OC2CCC(NCc3ccccc3Cl)CC2)ccc2[nH]ncc12. The van der Waals surface area contributed by atoms with Gasteiger partial charge in [0.15, 0.2) is 0 Å². The van der Waals surface area contributed by atoms with Gasteiger partial charge >= 0.3 is 0 Å². The molecule has 3 aromatic rings. The molecule has 1 heterocycles. The lowest BCUT2D eigenvalue weighted by molar-refractivity contribution is 0.138. The molecule has 0 saturated heterocycles. The third-order valence-electron chi connectivity index (χ3n) is 5.35. The summed E-state index contributed by atoms with van der Waals surface area (Å²) < 4.78 is 6.30. The Morgan fingerprint density at radius 1 is 1.15 bits per heavy atom. The molecule has 0 amide bonds. The van der Waals surface area contributed by atoms with Crippen molar-refractivity contribution in [3.63, 3.8) is 0 Å². The Kier molecular flexibility index (Phi) is 5.14. The predicted octanol–water partition coefficient (Wildman–Crippen LogP) is 5.00. The summed E-state index contributed by atoms with van der Waals surface area (Å²) >= 11 is 6.24. The van der Waals surface area contributed by atoms with E-state index in [0.29, 0.717) is 6.04 Å². The Bertz CT molecular complexity index is 884. The van der Waals surface area contributed by atoms with Crippen LogP contribution in [0.2, 0.25) is 5.02 Å². The number of hydrogen-bond donors (Lipinski definition) is 2. The largest absolute Gasteiger partial charge is 0.490 e. The lowest BCUT2D eigenvalue weighted by Gasteiger charge is -2.30. The predicted molar refractivity (Wildman–Crippen MR) is 106 cm³/mol. The standard InChI is InChI=1S/C21H24ClN3O/c1-14-18-13-24-25-20(18)10-11-21(14)26-17-8-6-16(7-9-17)23-12-15-4-2-3-5-19(15)22/h2-5,10-11,13,16-17,23H,6-9,12H2,1H3,(H,24,25). The third-order valence-corrected chi connectivity index (χ3v) is 5.72. The molecule has 1 aromatic heterocycles. The topological polar surface area (TPSA) is 49.9 Å². The Balaban J connectivity index is 1.30. The van der Waals surface area contributed by atoms with Crippen LogP contribution in [0, 0.1) is 6.92 Å². The Morgan fingerprint density at radius 3 is 2.77 bits per heavy atom. The van der Waals surface area contributed by atoms with Gasteiger partial charge < -0.3 is 10.1 Å². The summed E-state index contributed by atoms with van der Waals surface area (Å²) in [6.45, 7) is 2.93. The second kappa shape index (κ2) is 7.68. The minimum absolute atomic E-state index is 0.288. The summed E-state index contributed by atoms with van der Waals surface area (Å²) in [4.78, 5) is 0. The molecule has 1 aliphatic rings. The molecule has 2 aromatic carbocycles. The number of aromatic nitrogens is 2. The molecule has 4 nitrogen and oxygen atoms in total. The smallest absolute Gasteiger partial charge is 0.123 e. The van der Waals surface area contributed by atoms with Gasteiger partial charge in [0.05, 0.1) is 17.8 Å². The average Bonchev–Trinajstić information content (AvgIpc) is 3.14. The summed E-state index contributed by atoms with van der Waals surface area (Å²) in [7, 11) is 0. The third kappa shape index (κ3) is 3.71. The molecular formula is C21H24ClN3O. The fourth-order valence-corrected chi connectivity index (χ4v) is 3.93. The van der Waals surface area contributed by atoms with Crippen LogP contribution in [0.3, 0.4) is 0 Å². The molecule has 5 heteroatoms. The van der Waals surface area contributed by atoms with Gasteiger partial charge in [-0.1, -0.05) is 29.8 Å². The van der Waals surface area contributed by atoms with Gasteiger partial charge in [-0.25, -0.2) is 0 Å². The van der Waals surface area contributed by atoms with Gasteiger partial charge in [-0.15, -0.1) is 0 Å². The van der Waals surface area contributed by atoms with Crippen molar-refractivity contribution in [3.05, 3.63) is 58.7 Å². The molecule has 136 valence electrons. The zero-order chi connectivity index (χ0) is 17.9. The van der Waals surface area contributed by atoms with Crippen LogP contribution in [0.4, 0.5) is 0 Å². The molecule has 26 heavy (non-hydrogen) atoms. The summed E-state index contributed by atoms with van der Waals surface area (Å²) in [6.07, 6.45) is 6.56. The lowest BCUT2D eigenvalue weighted by atomic mass is 9.92. The first-order chi connectivity index (χ1) is 12.7. The number of ether oxygens (including phenoxy) is 1. The van der Waals surface area contributed by atoms with E-state index >= 15 is 0 Å². The molecule has 0 radical (unpaired) electrons. The molecular weight excluding hydrogens is 346 g/mol. The van der Waals surface area contributed by atoms with Crippen LogP contribution in [0.15, 0.2) is 42.6 Å². The van der Waals surface area contributed by atoms with Crippen LogP contribution >= 0.6 is 11.6 Å². The first-order valence-electron chi connectivity index (χ1n) is 9.27.